The molecule has 0 amide bonds. The van der Waals surface area contributed by atoms with E-state index in [0.717, 1.165) is 59.5 Å². The van der Waals surface area contributed by atoms with Crippen LogP contribution in [0.5, 0.6) is 0 Å². The predicted molar refractivity (Wildman–Crippen MR) is 177 cm³/mol. The summed E-state index contributed by atoms with van der Waals surface area (Å²) in [5.41, 5.74) is 12.4. The molecule has 2 atom stereocenters. The summed E-state index contributed by atoms with van der Waals surface area (Å²) in [5.74, 6) is 0. The highest BCUT2D eigenvalue weighted by atomic mass is 35.5. The Morgan fingerprint density at radius 1 is 1.02 bits per heavy atom. The molecule has 6 rings (SSSR count). The molecule has 2 aliphatic heterocycles. The molecule has 1 fully saturated rings. The molecule has 2 aliphatic rings. The number of fused-ring (bicyclic) bond motifs is 1. The number of likely N-dealkylation sites (tertiary alicyclic amines) is 1. The number of nitriles is 1. The van der Waals surface area contributed by atoms with E-state index in [2.05, 4.69) is 78.9 Å². The Hall–Kier alpha value is -4.36. The van der Waals surface area contributed by atoms with Gasteiger partial charge in [0, 0.05) is 42.4 Å². The summed E-state index contributed by atoms with van der Waals surface area (Å²) in [6, 6.07) is 20.3. The lowest BCUT2D eigenvalue weighted by atomic mass is 10.0. The smallest absolute Gasteiger partial charge is 0.103 e. The Kier molecular flexibility index (Phi) is 9.42. The monoisotopic (exact) mass is 607 g/mol. The molecule has 1 saturated heterocycles. The summed E-state index contributed by atoms with van der Waals surface area (Å²) in [7, 11) is 0. The van der Waals surface area contributed by atoms with Gasteiger partial charge in [0.05, 0.1) is 39.6 Å². The van der Waals surface area contributed by atoms with Gasteiger partial charge in [-0.3, -0.25) is 15.0 Å². The quantitative estimate of drug-likeness (QED) is 0.143. The van der Waals surface area contributed by atoms with Crippen LogP contribution in [-0.2, 0) is 0 Å². The van der Waals surface area contributed by atoms with E-state index in [1.54, 1.807) is 12.4 Å². The van der Waals surface area contributed by atoms with E-state index in [0.29, 0.717) is 16.1 Å². The Morgan fingerprint density at radius 2 is 1.84 bits per heavy atom. The number of benzene rings is 2. The number of nitrogens with zero attached hydrogens (tertiary/aromatic N) is 5. The van der Waals surface area contributed by atoms with Crippen molar-refractivity contribution in [1.29, 1.82) is 5.26 Å². The molecule has 10 heteroatoms. The van der Waals surface area contributed by atoms with Gasteiger partial charge in [-0.05, 0) is 74.6 Å². The molecular weight excluding hydrogens is 570 g/mol. The van der Waals surface area contributed by atoms with Crippen LogP contribution in [-0.4, -0.2) is 46.1 Å². The van der Waals surface area contributed by atoms with Crippen LogP contribution in [0.25, 0.3) is 10.9 Å². The zero-order chi connectivity index (χ0) is 30.3. The SMILES string of the molecule is CC[C@@H](Nc1c(C#N)cnc2c(Cl)cc(N[C@H](C3=CN(CCCN4CCCC4)NN3)c3cccnc3)cc12)c1ccccc1. The number of pyridine rings is 2. The van der Waals surface area contributed by atoms with E-state index in [1.807, 2.05) is 42.6 Å². The highest BCUT2D eigenvalue weighted by Gasteiger charge is 2.24. The number of halogens is 1. The summed E-state index contributed by atoms with van der Waals surface area (Å²) in [5, 5.41) is 20.8. The van der Waals surface area contributed by atoms with Crippen molar-refractivity contribution in [3.63, 3.8) is 0 Å². The second-order valence-corrected chi connectivity index (χ2v) is 11.7. The van der Waals surface area contributed by atoms with E-state index in [4.69, 9.17) is 11.6 Å². The van der Waals surface area contributed by atoms with Crippen LogP contribution in [0.15, 0.2) is 85.1 Å². The summed E-state index contributed by atoms with van der Waals surface area (Å²) < 4.78 is 0. The van der Waals surface area contributed by atoms with Gasteiger partial charge in [-0.2, -0.15) is 5.26 Å². The Morgan fingerprint density at radius 3 is 2.59 bits per heavy atom. The number of anilines is 2. The van der Waals surface area contributed by atoms with E-state index < -0.39 is 0 Å². The summed E-state index contributed by atoms with van der Waals surface area (Å²) >= 11 is 6.86. The van der Waals surface area contributed by atoms with E-state index in [9.17, 15) is 5.26 Å². The molecule has 4 heterocycles. The van der Waals surface area contributed by atoms with Crippen molar-refractivity contribution in [2.75, 3.05) is 36.8 Å². The average molecular weight is 608 g/mol. The minimum absolute atomic E-state index is 0.0165. The van der Waals surface area contributed by atoms with Gasteiger partial charge in [-0.15, -0.1) is 5.53 Å². The number of hydrogen-bond acceptors (Lipinski definition) is 9. The molecule has 0 saturated carbocycles. The van der Waals surface area contributed by atoms with Crippen LogP contribution in [0.2, 0.25) is 5.02 Å². The van der Waals surface area contributed by atoms with Gasteiger partial charge >= 0.3 is 0 Å². The molecule has 0 spiro atoms. The summed E-state index contributed by atoms with van der Waals surface area (Å²) in [4.78, 5) is 11.5. The van der Waals surface area contributed by atoms with Crippen LogP contribution < -0.4 is 21.6 Å². The van der Waals surface area contributed by atoms with E-state index in [1.165, 1.54) is 25.9 Å². The normalized spacial score (nSPS) is 16.3. The molecule has 0 aliphatic carbocycles. The third-order valence-electron chi connectivity index (χ3n) is 8.32. The highest BCUT2D eigenvalue weighted by Crippen LogP contribution is 2.37. The van der Waals surface area contributed by atoms with Crippen molar-refractivity contribution in [2.45, 2.75) is 44.7 Å². The number of aromatic nitrogens is 2. The standard InChI is InChI=1S/C34H38ClN9/c1-2-30(24-10-4-3-5-11-24)40-32-26(20-36)22-38-34-28(32)18-27(19-29(34)35)39-33(25-12-8-13-37-21-25)31-23-44(42-41-31)17-9-16-43-14-6-7-15-43/h3-5,8,10-13,18-19,21-23,30,33,39,41-42H,2,6-7,9,14-17H2,1H3,(H,38,40)/t30-,33+/m1/s1. The van der Waals surface area contributed by atoms with Gasteiger partial charge < -0.3 is 21.0 Å². The first-order valence-electron chi connectivity index (χ1n) is 15.4. The fraction of sp³-hybridized carbons (Fsp3) is 0.324. The Balaban J connectivity index is 1.30. The minimum atomic E-state index is -0.232. The average Bonchev–Trinajstić information content (AvgIpc) is 3.76. The maximum absolute atomic E-state index is 10.0. The number of rotatable bonds is 12. The first kappa shape index (κ1) is 29.7. The van der Waals surface area contributed by atoms with Crippen molar-refractivity contribution in [1.82, 2.24) is 30.8 Å². The molecule has 4 N–H and O–H groups in total. The van der Waals surface area contributed by atoms with Gasteiger partial charge in [0.1, 0.15) is 6.07 Å². The topological polar surface area (TPSA) is 104 Å². The zero-order valence-electron chi connectivity index (χ0n) is 24.9. The Labute approximate surface area is 263 Å². The van der Waals surface area contributed by atoms with Crippen LogP contribution in [0, 0.1) is 11.3 Å². The van der Waals surface area contributed by atoms with Crippen LogP contribution >= 0.6 is 11.6 Å². The fourth-order valence-corrected chi connectivity index (χ4v) is 6.29. The van der Waals surface area contributed by atoms with Crippen LogP contribution in [0.3, 0.4) is 0 Å². The van der Waals surface area contributed by atoms with Crippen molar-refractivity contribution in [3.8, 4) is 6.07 Å². The molecule has 0 radical (unpaired) electrons. The van der Waals surface area contributed by atoms with Crippen molar-refractivity contribution < 1.29 is 0 Å². The number of hydrazine groups is 2. The lowest BCUT2D eigenvalue weighted by molar-refractivity contribution is 0.243. The van der Waals surface area contributed by atoms with Gasteiger partial charge in [0.15, 0.2) is 0 Å². The van der Waals surface area contributed by atoms with Gasteiger partial charge in [0.25, 0.3) is 0 Å². The van der Waals surface area contributed by atoms with Crippen molar-refractivity contribution in [3.05, 3.63) is 107 Å². The van der Waals surface area contributed by atoms with Gasteiger partial charge in [0.2, 0.25) is 0 Å². The molecular formula is C34H38ClN9. The summed E-state index contributed by atoms with van der Waals surface area (Å²) in [6.45, 7) is 6.56. The molecule has 226 valence electrons. The first-order chi connectivity index (χ1) is 21.6. The third-order valence-corrected chi connectivity index (χ3v) is 8.61. The molecule has 0 unspecified atom stereocenters. The molecule has 0 bridgehead atoms. The predicted octanol–water partition coefficient (Wildman–Crippen LogP) is 6.52. The van der Waals surface area contributed by atoms with Crippen molar-refractivity contribution >= 4 is 33.9 Å². The number of nitrogens with one attached hydrogen (secondary N) is 4. The second kappa shape index (κ2) is 14.0. The lowest BCUT2D eigenvalue weighted by Crippen LogP contribution is -2.38. The zero-order valence-corrected chi connectivity index (χ0v) is 25.7. The van der Waals surface area contributed by atoms with E-state index >= 15 is 0 Å². The Bertz CT molecular complexity index is 1630. The van der Waals surface area contributed by atoms with Crippen LogP contribution in [0.4, 0.5) is 11.4 Å². The fourth-order valence-electron chi connectivity index (χ4n) is 6.02. The molecule has 9 nitrogen and oxygen atoms in total. The molecule has 2 aromatic heterocycles. The molecule has 44 heavy (non-hydrogen) atoms. The maximum Gasteiger partial charge on any atom is 0.103 e. The first-order valence-corrected chi connectivity index (χ1v) is 15.7. The number of hydrogen-bond donors (Lipinski definition) is 4. The molecule has 4 aromatic rings. The molecule has 2 aromatic carbocycles. The largest absolute Gasteiger partial charge is 0.377 e. The van der Waals surface area contributed by atoms with Crippen LogP contribution in [0.1, 0.15) is 61.4 Å². The minimum Gasteiger partial charge on any atom is -0.377 e. The highest BCUT2D eigenvalue weighted by molar-refractivity contribution is 6.35. The van der Waals surface area contributed by atoms with Gasteiger partial charge in [-0.1, -0.05) is 54.9 Å². The maximum atomic E-state index is 10.0. The van der Waals surface area contributed by atoms with Gasteiger partial charge in [-0.25, -0.2) is 0 Å². The summed E-state index contributed by atoms with van der Waals surface area (Å²) in [6.07, 6.45) is 11.9. The lowest BCUT2D eigenvalue weighted by Gasteiger charge is -2.23. The second-order valence-electron chi connectivity index (χ2n) is 11.3. The third kappa shape index (κ3) is 6.73. The van der Waals surface area contributed by atoms with Crippen molar-refractivity contribution in [2.24, 2.45) is 0 Å². The van der Waals surface area contributed by atoms with E-state index in [-0.39, 0.29) is 12.1 Å².